The molecule has 1 aliphatic heterocycles. The predicted molar refractivity (Wildman–Crippen MR) is 115 cm³/mol. The summed E-state index contributed by atoms with van der Waals surface area (Å²) in [4.78, 5) is 31.4. The minimum absolute atomic E-state index is 0.0900. The Hall–Kier alpha value is -3.63. The first-order valence-corrected chi connectivity index (χ1v) is 10.6. The molecule has 1 atom stereocenters. The Morgan fingerprint density at radius 1 is 1.15 bits per heavy atom. The molecule has 34 heavy (non-hydrogen) atoms. The van der Waals surface area contributed by atoms with Gasteiger partial charge in [0.05, 0.1) is 24.5 Å². The van der Waals surface area contributed by atoms with Crippen LogP contribution in [0.15, 0.2) is 47.7 Å². The molecule has 0 N–H and O–H groups in total. The molecule has 1 aliphatic rings. The molecule has 0 saturated heterocycles. The average molecular weight is 478 g/mol. The second kappa shape index (κ2) is 8.96. The summed E-state index contributed by atoms with van der Waals surface area (Å²) in [6, 6.07) is 6.09. The Morgan fingerprint density at radius 2 is 1.91 bits per heavy atom. The van der Waals surface area contributed by atoms with Gasteiger partial charge >= 0.3 is 6.18 Å². The lowest BCUT2D eigenvalue weighted by Crippen LogP contribution is -2.46. The van der Waals surface area contributed by atoms with E-state index < -0.39 is 17.9 Å². The van der Waals surface area contributed by atoms with Crippen LogP contribution in [0.2, 0.25) is 0 Å². The van der Waals surface area contributed by atoms with E-state index in [1.807, 2.05) is 0 Å². The van der Waals surface area contributed by atoms with E-state index in [-0.39, 0.29) is 54.7 Å². The van der Waals surface area contributed by atoms with Gasteiger partial charge in [-0.25, -0.2) is 9.37 Å². The summed E-state index contributed by atoms with van der Waals surface area (Å²) in [6.45, 7) is 3.22. The molecule has 0 spiro atoms. The topological polar surface area (TPSA) is 69.4 Å². The zero-order valence-electron chi connectivity index (χ0n) is 18.5. The molecule has 2 aromatic heterocycles. The van der Waals surface area contributed by atoms with E-state index in [0.29, 0.717) is 5.69 Å². The average Bonchev–Trinajstić information content (AvgIpc) is 3.21. The fraction of sp³-hybridized carbons (Fsp3) is 0.348. The van der Waals surface area contributed by atoms with Gasteiger partial charge in [0.15, 0.2) is 0 Å². The van der Waals surface area contributed by atoms with Gasteiger partial charge in [-0.3, -0.25) is 9.59 Å². The third-order valence-electron chi connectivity index (χ3n) is 5.79. The van der Waals surface area contributed by atoms with E-state index >= 15 is 0 Å². The van der Waals surface area contributed by atoms with Gasteiger partial charge in [0.1, 0.15) is 29.6 Å². The van der Waals surface area contributed by atoms with Crippen LogP contribution in [-0.4, -0.2) is 50.8 Å². The lowest BCUT2D eigenvalue weighted by Gasteiger charge is -2.30. The van der Waals surface area contributed by atoms with Crippen LogP contribution in [0, 0.1) is 12.7 Å². The van der Waals surface area contributed by atoms with E-state index in [1.54, 1.807) is 29.8 Å². The maximum Gasteiger partial charge on any atom is 0.395 e. The van der Waals surface area contributed by atoms with Gasteiger partial charge in [-0.2, -0.15) is 13.2 Å². The summed E-state index contributed by atoms with van der Waals surface area (Å²) in [6.07, 6.45) is -1.32. The molecule has 3 heterocycles. The molecule has 0 aliphatic carbocycles. The highest BCUT2D eigenvalue weighted by molar-refractivity contribution is 5.93. The highest BCUT2D eigenvalue weighted by Gasteiger charge is 2.39. The van der Waals surface area contributed by atoms with Gasteiger partial charge < -0.3 is 18.8 Å². The van der Waals surface area contributed by atoms with E-state index in [1.165, 1.54) is 15.8 Å². The maximum atomic E-state index is 13.6. The number of carbonyl (C=O) groups excluding carboxylic acids is 1. The standard InChI is InChI=1S/C23H22F4N4O3/c1-14-12-30(13-28-14)18-4-5-19-21(32)29(7-8-31(19)22(18)33)9-10-34-20-6-3-16(24)11-17(20)15(2)23(25,26)27/h3-6,11-13,15H,7-10H2,1-2H3/t15-/m0/s1. The lowest BCUT2D eigenvalue weighted by molar-refractivity contribution is -0.146. The molecule has 0 unspecified atom stereocenters. The maximum absolute atomic E-state index is 13.6. The molecule has 180 valence electrons. The quantitative estimate of drug-likeness (QED) is 0.507. The highest BCUT2D eigenvalue weighted by Crippen LogP contribution is 2.39. The van der Waals surface area contributed by atoms with Gasteiger partial charge in [-0.1, -0.05) is 0 Å². The van der Waals surface area contributed by atoms with Gasteiger partial charge in [-0.05, 0) is 44.2 Å². The van der Waals surface area contributed by atoms with Gasteiger partial charge in [0, 0.05) is 24.8 Å². The predicted octanol–water partition coefficient (Wildman–Crippen LogP) is 3.68. The Morgan fingerprint density at radius 3 is 2.59 bits per heavy atom. The monoisotopic (exact) mass is 478 g/mol. The number of aromatic nitrogens is 3. The van der Waals surface area contributed by atoms with E-state index in [9.17, 15) is 27.2 Å². The Balaban J connectivity index is 1.47. The van der Waals surface area contributed by atoms with Crippen molar-refractivity contribution in [2.45, 2.75) is 32.5 Å². The van der Waals surface area contributed by atoms with Crippen LogP contribution in [0.3, 0.4) is 0 Å². The minimum Gasteiger partial charge on any atom is -0.491 e. The number of ether oxygens (including phenoxy) is 1. The highest BCUT2D eigenvalue weighted by atomic mass is 19.4. The number of aryl methyl sites for hydroxylation is 1. The molecular weight excluding hydrogens is 456 g/mol. The summed E-state index contributed by atoms with van der Waals surface area (Å²) in [5, 5.41) is 0. The summed E-state index contributed by atoms with van der Waals surface area (Å²) < 4.78 is 61.5. The molecule has 1 amide bonds. The number of pyridine rings is 1. The van der Waals surface area contributed by atoms with Crippen molar-refractivity contribution in [2.24, 2.45) is 0 Å². The number of fused-ring (bicyclic) bond motifs is 1. The molecule has 7 nitrogen and oxygen atoms in total. The van der Waals surface area contributed by atoms with Crippen LogP contribution in [0.25, 0.3) is 5.69 Å². The second-order valence-corrected chi connectivity index (χ2v) is 8.07. The molecule has 4 rings (SSSR count). The Bertz CT molecular complexity index is 1280. The largest absolute Gasteiger partial charge is 0.491 e. The number of benzene rings is 1. The number of hydrogen-bond acceptors (Lipinski definition) is 4. The van der Waals surface area contributed by atoms with Crippen molar-refractivity contribution in [1.29, 1.82) is 0 Å². The number of carbonyl (C=O) groups is 1. The van der Waals surface area contributed by atoms with Crippen molar-refractivity contribution >= 4 is 5.91 Å². The van der Waals surface area contributed by atoms with Crippen molar-refractivity contribution in [1.82, 2.24) is 19.0 Å². The second-order valence-electron chi connectivity index (χ2n) is 8.07. The van der Waals surface area contributed by atoms with Gasteiger partial charge in [0.25, 0.3) is 11.5 Å². The third kappa shape index (κ3) is 4.55. The molecule has 0 saturated carbocycles. The van der Waals surface area contributed by atoms with Crippen LogP contribution in [0.1, 0.15) is 34.6 Å². The fourth-order valence-electron chi connectivity index (χ4n) is 3.85. The fourth-order valence-corrected chi connectivity index (χ4v) is 3.85. The van der Waals surface area contributed by atoms with E-state index in [2.05, 4.69) is 4.98 Å². The van der Waals surface area contributed by atoms with Crippen molar-refractivity contribution in [3.63, 3.8) is 0 Å². The molecule has 0 radical (unpaired) electrons. The van der Waals surface area contributed by atoms with Gasteiger partial charge in [-0.15, -0.1) is 0 Å². The number of alkyl halides is 3. The summed E-state index contributed by atoms with van der Waals surface area (Å²) >= 11 is 0. The van der Waals surface area contributed by atoms with Crippen LogP contribution in [0.4, 0.5) is 17.6 Å². The van der Waals surface area contributed by atoms with E-state index in [0.717, 1.165) is 30.8 Å². The number of hydrogen-bond donors (Lipinski definition) is 0. The third-order valence-corrected chi connectivity index (χ3v) is 5.79. The number of rotatable bonds is 6. The van der Waals surface area contributed by atoms with Crippen molar-refractivity contribution in [3.05, 3.63) is 76.0 Å². The smallest absolute Gasteiger partial charge is 0.395 e. The van der Waals surface area contributed by atoms with Crippen LogP contribution < -0.4 is 10.3 Å². The zero-order chi connectivity index (χ0) is 24.6. The molecule has 3 aromatic rings. The van der Waals surface area contributed by atoms with Crippen LogP contribution in [0.5, 0.6) is 5.75 Å². The normalized spacial score (nSPS) is 14.8. The van der Waals surface area contributed by atoms with E-state index in [4.69, 9.17) is 4.74 Å². The number of imidazole rings is 1. The molecule has 11 heteroatoms. The Labute approximate surface area is 192 Å². The van der Waals surface area contributed by atoms with Gasteiger partial charge in [0.2, 0.25) is 0 Å². The molecule has 1 aromatic carbocycles. The van der Waals surface area contributed by atoms with Crippen molar-refractivity contribution in [2.75, 3.05) is 19.7 Å². The number of nitrogens with zero attached hydrogens (tertiary/aromatic N) is 4. The molecular formula is C23H22F4N4O3. The lowest BCUT2D eigenvalue weighted by atomic mass is 9.99. The Kier molecular flexibility index (Phi) is 6.20. The minimum atomic E-state index is -4.56. The van der Waals surface area contributed by atoms with Crippen molar-refractivity contribution < 1.29 is 27.1 Å². The first-order chi connectivity index (χ1) is 16.1. The SMILES string of the molecule is Cc1cn(-c2ccc3n(c2=O)CCN(CCOc2ccc(F)cc2[C@H](C)C(F)(F)F)C3=O)cn1. The first-order valence-electron chi connectivity index (χ1n) is 10.6. The van der Waals surface area contributed by atoms with Crippen molar-refractivity contribution in [3.8, 4) is 11.4 Å². The zero-order valence-corrected chi connectivity index (χ0v) is 18.5. The first kappa shape index (κ1) is 23.5. The molecule has 0 bridgehead atoms. The molecule has 0 fully saturated rings. The summed E-state index contributed by atoms with van der Waals surface area (Å²) in [5.41, 5.74) is 0.702. The van der Waals surface area contributed by atoms with Crippen LogP contribution in [-0.2, 0) is 6.54 Å². The number of amides is 1. The number of halogens is 4. The summed E-state index contributed by atoms with van der Waals surface area (Å²) in [7, 11) is 0. The van der Waals surface area contributed by atoms with Crippen LogP contribution >= 0.6 is 0 Å². The summed E-state index contributed by atoms with van der Waals surface area (Å²) in [5.74, 6) is -3.19.